The van der Waals surface area contributed by atoms with Gasteiger partial charge in [-0.1, -0.05) is 6.07 Å². The fraction of sp³-hybridized carbons (Fsp3) is 0.385. The van der Waals surface area contributed by atoms with E-state index in [2.05, 4.69) is 4.74 Å². The van der Waals surface area contributed by atoms with Crippen molar-refractivity contribution >= 4 is 27.6 Å². The number of benzene rings is 1. The van der Waals surface area contributed by atoms with E-state index in [0.29, 0.717) is 0 Å². The Balaban J connectivity index is 2.35. The maximum absolute atomic E-state index is 13.9. The number of halogens is 1. The van der Waals surface area contributed by atoms with Gasteiger partial charge >= 0.3 is 5.97 Å². The van der Waals surface area contributed by atoms with Crippen LogP contribution < -0.4 is 10.0 Å². The highest BCUT2D eigenvalue weighted by Gasteiger charge is 2.35. The zero-order valence-electron chi connectivity index (χ0n) is 11.8. The summed E-state index contributed by atoms with van der Waals surface area (Å²) in [5.74, 6) is -2.97. The number of carbonyl (C=O) groups excluding carboxylic acids is 2. The topological polar surface area (TPSA) is 107 Å². The number of amides is 1. The molecule has 1 aromatic carbocycles. The summed E-state index contributed by atoms with van der Waals surface area (Å²) in [6.07, 6.45) is -0.0342. The molecule has 0 spiro atoms. The Labute approximate surface area is 126 Å². The molecule has 1 heterocycles. The molecule has 1 amide bonds. The van der Waals surface area contributed by atoms with Gasteiger partial charge in [0.25, 0.3) is 0 Å². The predicted octanol–water partition coefficient (Wildman–Crippen LogP) is 0.254. The van der Waals surface area contributed by atoms with Gasteiger partial charge in [-0.3, -0.25) is 4.79 Å². The highest BCUT2D eigenvalue weighted by molar-refractivity contribution is 7.89. The van der Waals surface area contributed by atoms with Crippen LogP contribution in [0.2, 0.25) is 0 Å². The van der Waals surface area contributed by atoms with Crippen LogP contribution in [-0.4, -0.2) is 39.7 Å². The molecule has 1 fully saturated rings. The van der Waals surface area contributed by atoms with Crippen molar-refractivity contribution in [2.45, 2.75) is 6.42 Å². The molecule has 22 heavy (non-hydrogen) atoms. The number of anilines is 1. The van der Waals surface area contributed by atoms with Crippen LogP contribution in [0.1, 0.15) is 16.8 Å². The molecule has 1 saturated heterocycles. The van der Waals surface area contributed by atoms with E-state index in [0.717, 1.165) is 13.2 Å². The Bertz CT molecular complexity index is 719. The molecule has 2 rings (SSSR count). The number of methoxy groups -OCH3 is 1. The van der Waals surface area contributed by atoms with E-state index in [4.69, 9.17) is 5.14 Å². The van der Waals surface area contributed by atoms with Gasteiger partial charge in [-0.15, -0.1) is 0 Å². The minimum Gasteiger partial charge on any atom is -0.465 e. The first-order valence-corrected chi connectivity index (χ1v) is 8.12. The minimum atomic E-state index is -3.72. The maximum Gasteiger partial charge on any atom is 0.343 e. The summed E-state index contributed by atoms with van der Waals surface area (Å²) in [5.41, 5.74) is -0.289. The van der Waals surface area contributed by atoms with Crippen LogP contribution in [0.3, 0.4) is 0 Å². The van der Waals surface area contributed by atoms with Gasteiger partial charge in [0.15, 0.2) is 0 Å². The first-order chi connectivity index (χ1) is 10.2. The Morgan fingerprint density at radius 3 is 2.77 bits per heavy atom. The third-order valence-electron chi connectivity index (χ3n) is 3.35. The van der Waals surface area contributed by atoms with Gasteiger partial charge in [0, 0.05) is 18.9 Å². The highest BCUT2D eigenvalue weighted by atomic mass is 32.2. The fourth-order valence-electron chi connectivity index (χ4n) is 2.50. The van der Waals surface area contributed by atoms with E-state index in [1.54, 1.807) is 0 Å². The smallest absolute Gasteiger partial charge is 0.343 e. The van der Waals surface area contributed by atoms with Crippen LogP contribution in [-0.2, 0) is 19.6 Å². The van der Waals surface area contributed by atoms with Gasteiger partial charge in [0.05, 0.1) is 18.6 Å². The molecule has 2 N–H and O–H groups in total. The van der Waals surface area contributed by atoms with Gasteiger partial charge in [-0.25, -0.2) is 22.7 Å². The fourth-order valence-corrected chi connectivity index (χ4v) is 3.38. The summed E-state index contributed by atoms with van der Waals surface area (Å²) >= 11 is 0. The Morgan fingerprint density at radius 2 is 2.18 bits per heavy atom. The lowest BCUT2D eigenvalue weighted by atomic mass is 10.1. The lowest BCUT2D eigenvalue weighted by molar-refractivity contribution is -0.117. The van der Waals surface area contributed by atoms with Crippen LogP contribution in [0.15, 0.2) is 18.2 Å². The van der Waals surface area contributed by atoms with Crippen molar-refractivity contribution in [2.24, 2.45) is 11.1 Å². The lowest BCUT2D eigenvalue weighted by Gasteiger charge is -2.19. The Morgan fingerprint density at radius 1 is 1.50 bits per heavy atom. The number of nitrogens with two attached hydrogens (primary N) is 1. The van der Waals surface area contributed by atoms with Gasteiger partial charge in [0.2, 0.25) is 15.9 Å². The predicted molar refractivity (Wildman–Crippen MR) is 76.2 cm³/mol. The number of carbonyl (C=O) groups is 2. The molecule has 0 bridgehead atoms. The monoisotopic (exact) mass is 330 g/mol. The van der Waals surface area contributed by atoms with Gasteiger partial charge in [-0.2, -0.15) is 0 Å². The number of esters is 1. The number of primary sulfonamides is 1. The lowest BCUT2D eigenvalue weighted by Crippen LogP contribution is -2.29. The molecule has 7 nitrogen and oxygen atoms in total. The van der Waals surface area contributed by atoms with Crippen molar-refractivity contribution in [3.8, 4) is 0 Å². The summed E-state index contributed by atoms with van der Waals surface area (Å²) in [6.45, 7) is 0.0444. The van der Waals surface area contributed by atoms with Gasteiger partial charge in [-0.05, 0) is 12.1 Å². The second-order valence-corrected chi connectivity index (χ2v) is 6.69. The van der Waals surface area contributed by atoms with Crippen LogP contribution in [0.25, 0.3) is 0 Å². The molecule has 9 heteroatoms. The molecule has 1 aliphatic heterocycles. The summed E-state index contributed by atoms with van der Waals surface area (Å²) in [6, 6.07) is 3.85. The third kappa shape index (κ3) is 3.42. The number of hydrogen-bond donors (Lipinski definition) is 1. The molecular formula is C13H15FN2O5S. The number of rotatable bonds is 4. The normalized spacial score (nSPS) is 18.6. The molecule has 1 unspecified atom stereocenters. The first kappa shape index (κ1) is 16.4. The standard InChI is InChI=1S/C13H15FN2O5S/c1-21-13(18)12-9(14)3-2-4-10(12)16-6-8(5-11(16)17)7-22(15,19)20/h2-4,8H,5-7H2,1H3,(H2,15,19,20). The summed E-state index contributed by atoms with van der Waals surface area (Å²) < 4.78 is 40.7. The van der Waals surface area contributed by atoms with Crippen molar-refractivity contribution in [1.82, 2.24) is 0 Å². The van der Waals surface area contributed by atoms with Crippen molar-refractivity contribution in [3.05, 3.63) is 29.6 Å². The molecule has 120 valence electrons. The van der Waals surface area contributed by atoms with E-state index < -0.39 is 33.6 Å². The number of nitrogens with zero attached hydrogens (tertiary/aromatic N) is 1. The molecule has 1 atom stereocenters. The average Bonchev–Trinajstić information content (AvgIpc) is 2.76. The third-order valence-corrected chi connectivity index (χ3v) is 4.28. The van der Waals surface area contributed by atoms with Crippen molar-refractivity contribution in [2.75, 3.05) is 24.3 Å². The Kier molecular flexibility index (Phi) is 4.47. The van der Waals surface area contributed by atoms with Crippen LogP contribution in [0, 0.1) is 11.7 Å². The zero-order valence-corrected chi connectivity index (χ0v) is 12.6. The number of hydrogen-bond acceptors (Lipinski definition) is 5. The molecule has 0 aromatic heterocycles. The van der Waals surface area contributed by atoms with E-state index in [9.17, 15) is 22.4 Å². The molecule has 0 radical (unpaired) electrons. The van der Waals surface area contributed by atoms with Crippen molar-refractivity contribution in [3.63, 3.8) is 0 Å². The van der Waals surface area contributed by atoms with E-state index in [1.165, 1.54) is 17.0 Å². The van der Waals surface area contributed by atoms with E-state index in [-0.39, 0.29) is 30.0 Å². The van der Waals surface area contributed by atoms with E-state index in [1.807, 2.05) is 0 Å². The molecule has 1 aromatic rings. The van der Waals surface area contributed by atoms with Crippen LogP contribution >= 0.6 is 0 Å². The van der Waals surface area contributed by atoms with Crippen molar-refractivity contribution < 1.29 is 27.1 Å². The van der Waals surface area contributed by atoms with Gasteiger partial charge < -0.3 is 9.64 Å². The highest BCUT2D eigenvalue weighted by Crippen LogP contribution is 2.30. The maximum atomic E-state index is 13.9. The molecular weight excluding hydrogens is 315 g/mol. The van der Waals surface area contributed by atoms with Gasteiger partial charge in [0.1, 0.15) is 11.4 Å². The quantitative estimate of drug-likeness (QED) is 0.797. The number of sulfonamides is 1. The zero-order chi connectivity index (χ0) is 16.5. The van der Waals surface area contributed by atoms with E-state index >= 15 is 0 Å². The summed E-state index contributed by atoms with van der Waals surface area (Å²) in [5, 5.41) is 4.98. The van der Waals surface area contributed by atoms with Crippen LogP contribution in [0.4, 0.5) is 10.1 Å². The molecule has 1 aliphatic rings. The second-order valence-electron chi connectivity index (χ2n) is 5.03. The minimum absolute atomic E-state index is 0.0342. The second kappa shape index (κ2) is 6.01. The Hall–Kier alpha value is -2.00. The van der Waals surface area contributed by atoms with Crippen LogP contribution in [0.5, 0.6) is 0 Å². The summed E-state index contributed by atoms with van der Waals surface area (Å²) in [4.78, 5) is 25.0. The summed E-state index contributed by atoms with van der Waals surface area (Å²) in [7, 11) is -2.62. The molecule has 0 saturated carbocycles. The average molecular weight is 330 g/mol. The number of ether oxygens (including phenoxy) is 1. The first-order valence-electron chi connectivity index (χ1n) is 6.40. The van der Waals surface area contributed by atoms with Crippen molar-refractivity contribution in [1.29, 1.82) is 0 Å². The molecule has 0 aliphatic carbocycles. The SMILES string of the molecule is COC(=O)c1c(F)cccc1N1CC(CS(N)(=O)=O)CC1=O. The largest absolute Gasteiger partial charge is 0.465 e.